The fourth-order valence-electron chi connectivity index (χ4n) is 0.356. The number of hydrogen-bond donors (Lipinski definition) is 0. The Balaban J connectivity index is 3.68. The molecule has 4 heteroatoms. The SMILES string of the molecule is CC(=O)CN(C=O)C=O. The Labute approximate surface area is 52.4 Å². The van der Waals surface area contributed by atoms with Crippen LogP contribution >= 0.6 is 0 Å². The first kappa shape index (κ1) is 7.81. The van der Waals surface area contributed by atoms with Gasteiger partial charge in [0, 0.05) is 0 Å². The second kappa shape index (κ2) is 3.77. The number of nitrogens with zero attached hydrogens (tertiary/aromatic N) is 1. The zero-order valence-electron chi connectivity index (χ0n) is 5.03. The lowest BCUT2D eigenvalue weighted by Gasteiger charge is -2.02. The summed E-state index contributed by atoms with van der Waals surface area (Å²) in [7, 11) is 0. The highest BCUT2D eigenvalue weighted by molar-refractivity contribution is 5.83. The van der Waals surface area contributed by atoms with Crippen molar-refractivity contribution in [2.24, 2.45) is 0 Å². The first-order valence-corrected chi connectivity index (χ1v) is 2.36. The summed E-state index contributed by atoms with van der Waals surface area (Å²) in [6.45, 7) is 1.17. The van der Waals surface area contributed by atoms with Crippen LogP contribution in [0.25, 0.3) is 0 Å². The molecule has 0 aromatic heterocycles. The van der Waals surface area contributed by atoms with E-state index in [1.807, 2.05) is 0 Å². The highest BCUT2D eigenvalue weighted by atomic mass is 16.2. The maximum Gasteiger partial charge on any atom is 0.216 e. The Kier molecular flexibility index (Phi) is 3.27. The Bertz CT molecular complexity index is 124. The average molecular weight is 129 g/mol. The van der Waals surface area contributed by atoms with Crippen molar-refractivity contribution in [1.82, 2.24) is 4.90 Å². The highest BCUT2D eigenvalue weighted by Gasteiger charge is 2.00. The van der Waals surface area contributed by atoms with E-state index in [1.165, 1.54) is 6.92 Å². The molecular weight excluding hydrogens is 122 g/mol. The number of Topliss-reactive ketones (excluding diaryl/α,β-unsaturated/α-hetero) is 1. The van der Waals surface area contributed by atoms with Gasteiger partial charge in [-0.1, -0.05) is 0 Å². The molecule has 0 rings (SSSR count). The topological polar surface area (TPSA) is 54.5 Å². The molecule has 50 valence electrons. The number of hydrogen-bond acceptors (Lipinski definition) is 3. The van der Waals surface area contributed by atoms with E-state index in [9.17, 15) is 14.4 Å². The minimum atomic E-state index is -0.214. The summed E-state index contributed by atoms with van der Waals surface area (Å²) in [5.41, 5.74) is 0. The van der Waals surface area contributed by atoms with Crippen LogP contribution in [0.3, 0.4) is 0 Å². The molecule has 0 radical (unpaired) electrons. The van der Waals surface area contributed by atoms with E-state index in [4.69, 9.17) is 0 Å². The summed E-state index contributed by atoms with van der Waals surface area (Å²) in [6.07, 6.45) is 0.628. The van der Waals surface area contributed by atoms with Gasteiger partial charge in [-0.05, 0) is 6.92 Å². The molecule has 0 spiro atoms. The van der Waals surface area contributed by atoms with E-state index < -0.39 is 0 Å². The third-order valence-corrected chi connectivity index (χ3v) is 0.676. The minimum absolute atomic E-state index is 0.132. The Morgan fingerprint density at radius 2 is 1.89 bits per heavy atom. The molecule has 0 aliphatic rings. The zero-order chi connectivity index (χ0) is 7.28. The number of ketones is 1. The quantitative estimate of drug-likeness (QED) is 0.466. The van der Waals surface area contributed by atoms with Crippen LogP contribution in [0.1, 0.15) is 6.92 Å². The van der Waals surface area contributed by atoms with Crippen molar-refractivity contribution in [3.8, 4) is 0 Å². The van der Waals surface area contributed by atoms with Crippen molar-refractivity contribution in [2.45, 2.75) is 6.92 Å². The molecule has 2 amide bonds. The lowest BCUT2D eigenvalue weighted by molar-refractivity contribution is -0.133. The molecule has 4 nitrogen and oxygen atoms in total. The van der Waals surface area contributed by atoms with Gasteiger partial charge >= 0.3 is 0 Å². The van der Waals surface area contributed by atoms with Crippen LogP contribution in [-0.4, -0.2) is 30.0 Å². The van der Waals surface area contributed by atoms with E-state index in [-0.39, 0.29) is 12.3 Å². The predicted molar refractivity (Wildman–Crippen MR) is 29.5 cm³/mol. The Morgan fingerprint density at radius 3 is 2.00 bits per heavy atom. The molecule has 0 aliphatic heterocycles. The monoisotopic (exact) mass is 129 g/mol. The molecular formula is C5H7NO3. The molecule has 0 heterocycles. The number of carbonyl (C=O) groups excluding carboxylic acids is 3. The van der Waals surface area contributed by atoms with Crippen molar-refractivity contribution >= 4 is 18.6 Å². The van der Waals surface area contributed by atoms with Gasteiger partial charge in [-0.2, -0.15) is 0 Å². The van der Waals surface area contributed by atoms with Gasteiger partial charge in [0.25, 0.3) is 0 Å². The van der Waals surface area contributed by atoms with Crippen LogP contribution < -0.4 is 0 Å². The van der Waals surface area contributed by atoms with Crippen molar-refractivity contribution < 1.29 is 14.4 Å². The molecule has 0 unspecified atom stereocenters. The lowest BCUT2D eigenvalue weighted by atomic mass is 10.4. The number of rotatable bonds is 4. The van der Waals surface area contributed by atoms with Crippen LogP contribution in [0, 0.1) is 0 Å². The maximum atomic E-state index is 10.2. The largest absolute Gasteiger partial charge is 0.298 e. The van der Waals surface area contributed by atoms with E-state index in [1.54, 1.807) is 0 Å². The van der Waals surface area contributed by atoms with Gasteiger partial charge in [-0.3, -0.25) is 19.3 Å². The summed E-state index contributed by atoms with van der Waals surface area (Å²) < 4.78 is 0. The molecule has 0 aromatic rings. The Morgan fingerprint density at radius 1 is 1.44 bits per heavy atom. The van der Waals surface area contributed by atoms with E-state index >= 15 is 0 Å². The molecule has 0 saturated heterocycles. The van der Waals surface area contributed by atoms with Crippen molar-refractivity contribution in [3.63, 3.8) is 0 Å². The molecule has 0 fully saturated rings. The lowest BCUT2D eigenvalue weighted by Crippen LogP contribution is -2.25. The van der Waals surface area contributed by atoms with Crippen LogP contribution in [0.2, 0.25) is 0 Å². The summed E-state index contributed by atoms with van der Waals surface area (Å²) >= 11 is 0. The number of amides is 2. The van der Waals surface area contributed by atoms with Gasteiger partial charge < -0.3 is 0 Å². The normalized spacial score (nSPS) is 8.11. The van der Waals surface area contributed by atoms with Crippen molar-refractivity contribution in [2.75, 3.05) is 6.54 Å². The Hall–Kier alpha value is -1.19. The van der Waals surface area contributed by atoms with Gasteiger partial charge in [0.1, 0.15) is 5.78 Å². The summed E-state index contributed by atoms with van der Waals surface area (Å²) in [5, 5.41) is 0. The van der Waals surface area contributed by atoms with Gasteiger partial charge in [0.15, 0.2) is 0 Å². The maximum absolute atomic E-state index is 10.2. The smallest absolute Gasteiger partial charge is 0.216 e. The van der Waals surface area contributed by atoms with Crippen molar-refractivity contribution in [3.05, 3.63) is 0 Å². The minimum Gasteiger partial charge on any atom is -0.298 e. The fraction of sp³-hybridized carbons (Fsp3) is 0.400. The van der Waals surface area contributed by atoms with Crippen LogP contribution in [-0.2, 0) is 14.4 Å². The van der Waals surface area contributed by atoms with Gasteiger partial charge in [0.05, 0.1) is 6.54 Å². The van der Waals surface area contributed by atoms with Crippen molar-refractivity contribution in [1.29, 1.82) is 0 Å². The molecule has 0 saturated carbocycles. The van der Waals surface area contributed by atoms with E-state index in [0.717, 1.165) is 4.90 Å². The summed E-state index contributed by atoms with van der Waals surface area (Å²) in [5.74, 6) is -0.214. The fourth-order valence-corrected chi connectivity index (χ4v) is 0.356. The van der Waals surface area contributed by atoms with E-state index in [2.05, 4.69) is 0 Å². The van der Waals surface area contributed by atoms with Gasteiger partial charge in [-0.25, -0.2) is 0 Å². The molecule has 0 bridgehead atoms. The molecule has 0 aromatic carbocycles. The van der Waals surface area contributed by atoms with E-state index in [0.29, 0.717) is 12.8 Å². The van der Waals surface area contributed by atoms with Crippen LogP contribution in [0.15, 0.2) is 0 Å². The third kappa shape index (κ3) is 3.40. The first-order valence-electron chi connectivity index (χ1n) is 2.36. The van der Waals surface area contributed by atoms with Crippen LogP contribution in [0.4, 0.5) is 0 Å². The predicted octanol–water partition coefficient (Wildman–Crippen LogP) is -0.810. The standard InChI is InChI=1S/C5H7NO3/c1-5(9)2-6(3-7)4-8/h3-4H,2H2,1H3. The average Bonchev–Trinajstić information content (AvgIpc) is 1.82. The first-order chi connectivity index (χ1) is 4.20. The molecule has 0 N–H and O–H groups in total. The second-order valence-electron chi connectivity index (χ2n) is 1.59. The number of carbonyl (C=O) groups is 3. The highest BCUT2D eigenvalue weighted by Crippen LogP contribution is 1.75. The second-order valence-corrected chi connectivity index (χ2v) is 1.59. The molecule has 9 heavy (non-hydrogen) atoms. The van der Waals surface area contributed by atoms with Gasteiger partial charge in [0.2, 0.25) is 12.8 Å². The third-order valence-electron chi connectivity index (χ3n) is 0.676. The van der Waals surface area contributed by atoms with Gasteiger partial charge in [-0.15, -0.1) is 0 Å². The summed E-state index contributed by atoms with van der Waals surface area (Å²) in [4.78, 5) is 30.6. The molecule has 0 aliphatic carbocycles. The van der Waals surface area contributed by atoms with Crippen LogP contribution in [0.5, 0.6) is 0 Å². The summed E-state index contributed by atoms with van der Waals surface area (Å²) in [6, 6.07) is 0. The molecule has 0 atom stereocenters. The zero-order valence-corrected chi connectivity index (χ0v) is 5.03. The number of imide groups is 1.